The number of ether oxygens (including phenoxy) is 1. The summed E-state index contributed by atoms with van der Waals surface area (Å²) in [5.41, 5.74) is -0.782. The van der Waals surface area contributed by atoms with Gasteiger partial charge >= 0.3 is 12.1 Å². The molecule has 0 N–H and O–H groups in total. The molecule has 118 valence electrons. The van der Waals surface area contributed by atoms with Crippen molar-refractivity contribution in [3.63, 3.8) is 0 Å². The van der Waals surface area contributed by atoms with Gasteiger partial charge in [0.15, 0.2) is 0 Å². The average molecular weight is 368 g/mol. The van der Waals surface area contributed by atoms with Gasteiger partial charge < -0.3 is 9.64 Å². The number of halogens is 4. The summed E-state index contributed by atoms with van der Waals surface area (Å²) in [4.78, 5) is 13.0. The summed E-state index contributed by atoms with van der Waals surface area (Å²) < 4.78 is 44.6. The van der Waals surface area contributed by atoms with Crippen molar-refractivity contribution in [2.75, 3.05) is 24.6 Å². The van der Waals surface area contributed by atoms with Gasteiger partial charge in [0.2, 0.25) is 0 Å². The second kappa shape index (κ2) is 7.68. The molecule has 0 aliphatic rings. The van der Waals surface area contributed by atoms with Crippen molar-refractivity contribution >= 4 is 27.6 Å². The fraction of sp³-hybridized carbons (Fsp3) is 0.500. The number of anilines is 1. The molecule has 0 saturated carbocycles. The van der Waals surface area contributed by atoms with Crippen molar-refractivity contribution in [3.8, 4) is 0 Å². The highest BCUT2D eigenvalue weighted by atomic mass is 79.9. The van der Waals surface area contributed by atoms with Crippen LogP contribution in [0, 0.1) is 0 Å². The van der Waals surface area contributed by atoms with Crippen LogP contribution in [0.3, 0.4) is 0 Å². The molecule has 21 heavy (non-hydrogen) atoms. The lowest BCUT2D eigenvalue weighted by Gasteiger charge is -2.26. The maximum atomic E-state index is 13.2. The van der Waals surface area contributed by atoms with E-state index in [0.29, 0.717) is 17.4 Å². The Bertz CT molecular complexity index is 492. The third-order valence-corrected chi connectivity index (χ3v) is 3.22. The van der Waals surface area contributed by atoms with Gasteiger partial charge in [0.25, 0.3) is 0 Å². The molecule has 0 radical (unpaired) electrons. The summed E-state index contributed by atoms with van der Waals surface area (Å²) in [5.74, 6) is -0.540. The Hall–Kier alpha value is -1.24. The third kappa shape index (κ3) is 5.22. The number of hydrogen-bond acceptors (Lipinski definition) is 3. The van der Waals surface area contributed by atoms with Crippen LogP contribution in [-0.2, 0) is 15.7 Å². The van der Waals surface area contributed by atoms with Crippen LogP contribution in [0.25, 0.3) is 0 Å². The smallest absolute Gasteiger partial charge is 0.418 e. The summed E-state index contributed by atoms with van der Waals surface area (Å²) in [7, 11) is 0. The van der Waals surface area contributed by atoms with Gasteiger partial charge in [0.1, 0.15) is 6.54 Å². The van der Waals surface area contributed by atoms with E-state index >= 15 is 0 Å². The van der Waals surface area contributed by atoms with E-state index in [4.69, 9.17) is 4.74 Å². The van der Waals surface area contributed by atoms with Crippen molar-refractivity contribution in [1.29, 1.82) is 0 Å². The van der Waals surface area contributed by atoms with Crippen LogP contribution in [0.1, 0.15) is 25.8 Å². The van der Waals surface area contributed by atoms with Crippen LogP contribution in [0.4, 0.5) is 18.9 Å². The van der Waals surface area contributed by atoms with Crippen LogP contribution in [0.15, 0.2) is 22.7 Å². The zero-order valence-electron chi connectivity index (χ0n) is 11.8. The van der Waals surface area contributed by atoms with Crippen LogP contribution in [0.2, 0.25) is 0 Å². The monoisotopic (exact) mass is 367 g/mol. The van der Waals surface area contributed by atoms with Gasteiger partial charge in [-0.2, -0.15) is 13.2 Å². The highest BCUT2D eigenvalue weighted by molar-refractivity contribution is 9.10. The molecular weight excluding hydrogens is 351 g/mol. The number of alkyl halides is 3. The summed E-state index contributed by atoms with van der Waals surface area (Å²) in [6.07, 6.45) is -3.87. The fourth-order valence-electron chi connectivity index (χ4n) is 1.93. The number of nitrogens with zero attached hydrogens (tertiary/aromatic N) is 1. The fourth-order valence-corrected chi connectivity index (χ4v) is 2.29. The summed E-state index contributed by atoms with van der Waals surface area (Å²) in [5, 5.41) is 0. The van der Waals surface area contributed by atoms with E-state index < -0.39 is 17.7 Å². The molecule has 0 aliphatic carbocycles. The van der Waals surface area contributed by atoms with Gasteiger partial charge in [0, 0.05) is 16.7 Å². The number of carbonyl (C=O) groups excluding carboxylic acids is 1. The predicted octanol–water partition coefficient (Wildman–Crippen LogP) is 4.25. The molecule has 0 heterocycles. The minimum atomic E-state index is -4.49. The van der Waals surface area contributed by atoms with Crippen LogP contribution in [-0.4, -0.2) is 25.7 Å². The quantitative estimate of drug-likeness (QED) is 0.704. The molecule has 0 spiro atoms. The molecule has 7 heteroatoms. The van der Waals surface area contributed by atoms with Gasteiger partial charge in [-0.3, -0.25) is 4.79 Å². The molecule has 0 amide bonds. The topological polar surface area (TPSA) is 29.5 Å². The lowest BCUT2D eigenvalue weighted by molar-refractivity contribution is -0.142. The van der Waals surface area contributed by atoms with Gasteiger partial charge in [-0.05, 0) is 31.5 Å². The second-order valence-electron chi connectivity index (χ2n) is 4.39. The number of benzene rings is 1. The Kier molecular flexibility index (Phi) is 6.51. The van der Waals surface area contributed by atoms with E-state index in [1.54, 1.807) is 6.92 Å². The highest BCUT2D eigenvalue weighted by Gasteiger charge is 2.35. The standard InChI is InChI=1S/C14H17BrF3NO2/c1-3-7-19(9-13(20)21-4-2)12-6-5-10(15)8-11(12)14(16,17)18/h5-6,8H,3-4,7,9H2,1-2H3. The minimum Gasteiger partial charge on any atom is -0.465 e. The van der Waals surface area contributed by atoms with E-state index in [1.165, 1.54) is 17.0 Å². The van der Waals surface area contributed by atoms with Crippen LogP contribution >= 0.6 is 15.9 Å². The molecule has 1 aromatic carbocycles. The third-order valence-electron chi connectivity index (χ3n) is 2.72. The molecular formula is C14H17BrF3NO2. The van der Waals surface area contributed by atoms with Gasteiger partial charge in [-0.25, -0.2) is 0 Å². The first-order chi connectivity index (χ1) is 9.79. The molecule has 0 atom stereocenters. The number of rotatable bonds is 6. The van der Waals surface area contributed by atoms with E-state index in [0.717, 1.165) is 6.07 Å². The van der Waals surface area contributed by atoms with Crippen molar-refractivity contribution in [1.82, 2.24) is 0 Å². The molecule has 3 nitrogen and oxygen atoms in total. The minimum absolute atomic E-state index is 0.0133. The van der Waals surface area contributed by atoms with Crippen LogP contribution in [0.5, 0.6) is 0 Å². The average Bonchev–Trinajstić information content (AvgIpc) is 2.37. The number of hydrogen-bond donors (Lipinski definition) is 0. The number of carbonyl (C=O) groups is 1. The van der Waals surface area contributed by atoms with Gasteiger partial charge in [-0.1, -0.05) is 22.9 Å². The summed E-state index contributed by atoms with van der Waals surface area (Å²) >= 11 is 3.04. The first kappa shape index (κ1) is 17.8. The summed E-state index contributed by atoms with van der Waals surface area (Å²) in [6.45, 7) is 3.83. The first-order valence-electron chi connectivity index (χ1n) is 6.56. The van der Waals surface area contributed by atoms with Crippen molar-refractivity contribution in [2.45, 2.75) is 26.4 Å². The SMILES string of the molecule is CCCN(CC(=O)OCC)c1ccc(Br)cc1C(F)(F)F. The Morgan fingerprint density at radius 2 is 2.00 bits per heavy atom. The molecule has 0 aliphatic heterocycles. The van der Waals surface area contributed by atoms with Gasteiger partial charge in [-0.15, -0.1) is 0 Å². The maximum absolute atomic E-state index is 13.2. The molecule has 0 aromatic heterocycles. The van der Waals surface area contributed by atoms with Crippen LogP contribution < -0.4 is 4.90 Å². The van der Waals surface area contributed by atoms with Crippen molar-refractivity contribution in [2.24, 2.45) is 0 Å². The lowest BCUT2D eigenvalue weighted by atomic mass is 10.1. The number of esters is 1. The Labute approximate surface area is 130 Å². The van der Waals surface area contributed by atoms with E-state index in [2.05, 4.69) is 15.9 Å². The van der Waals surface area contributed by atoms with Crippen molar-refractivity contribution < 1.29 is 22.7 Å². The second-order valence-corrected chi connectivity index (χ2v) is 5.30. The van der Waals surface area contributed by atoms with E-state index in [1.807, 2.05) is 6.92 Å². The Balaban J connectivity index is 3.15. The predicted molar refractivity (Wildman–Crippen MR) is 78.3 cm³/mol. The van der Waals surface area contributed by atoms with Gasteiger partial charge in [0.05, 0.1) is 12.2 Å². The zero-order valence-corrected chi connectivity index (χ0v) is 13.4. The van der Waals surface area contributed by atoms with E-state index in [9.17, 15) is 18.0 Å². The summed E-state index contributed by atoms with van der Waals surface area (Å²) in [6, 6.07) is 3.91. The lowest BCUT2D eigenvalue weighted by Crippen LogP contribution is -2.33. The molecule has 0 unspecified atom stereocenters. The Morgan fingerprint density at radius 3 is 2.52 bits per heavy atom. The molecule has 1 aromatic rings. The zero-order chi connectivity index (χ0) is 16.0. The normalized spacial score (nSPS) is 11.3. The Morgan fingerprint density at radius 1 is 1.33 bits per heavy atom. The van der Waals surface area contributed by atoms with Crippen molar-refractivity contribution in [3.05, 3.63) is 28.2 Å². The largest absolute Gasteiger partial charge is 0.465 e. The molecule has 0 bridgehead atoms. The maximum Gasteiger partial charge on any atom is 0.418 e. The molecule has 0 saturated heterocycles. The van der Waals surface area contributed by atoms with E-state index in [-0.39, 0.29) is 18.8 Å². The molecule has 1 rings (SSSR count). The molecule has 0 fully saturated rings. The highest BCUT2D eigenvalue weighted by Crippen LogP contribution is 2.38. The first-order valence-corrected chi connectivity index (χ1v) is 7.36.